The van der Waals surface area contributed by atoms with Crippen molar-refractivity contribution in [2.45, 2.75) is 20.3 Å². The average molecular weight is 322 g/mol. The van der Waals surface area contributed by atoms with E-state index in [-0.39, 0.29) is 11.5 Å². The summed E-state index contributed by atoms with van der Waals surface area (Å²) in [6.07, 6.45) is 6.03. The second-order valence-corrected chi connectivity index (χ2v) is 5.80. The van der Waals surface area contributed by atoms with Crippen molar-refractivity contribution in [1.29, 1.82) is 0 Å². The third-order valence-corrected chi connectivity index (χ3v) is 3.64. The molecule has 0 aliphatic heterocycles. The second-order valence-electron chi connectivity index (χ2n) is 5.80. The number of phenolic OH excluding ortho intramolecular Hbond substituents is 1. The fourth-order valence-corrected chi connectivity index (χ4v) is 2.21. The molecule has 0 saturated heterocycles. The smallest absolute Gasteiger partial charge is 0.185 e. The van der Waals surface area contributed by atoms with E-state index in [4.69, 9.17) is 4.74 Å². The maximum atomic E-state index is 12.2. The summed E-state index contributed by atoms with van der Waals surface area (Å²) in [4.78, 5) is 12.2. The quantitative estimate of drug-likeness (QED) is 0.472. The number of allylic oxidation sites excluding steroid dienone is 3. The zero-order valence-corrected chi connectivity index (χ0v) is 14.2. The van der Waals surface area contributed by atoms with E-state index < -0.39 is 0 Å². The first-order valence-corrected chi connectivity index (χ1v) is 7.81. The standard InChI is InChI=1S/C21H22O3/c1-15(2)4-7-18-14-16(6-13-21(18)23)5-12-20(22)17-8-10-19(24-3)11-9-17/h4-6,8-14,23H,7H2,1-3H3/b12-5+. The number of carbonyl (C=O) groups excluding carboxylic acids is 1. The Hall–Kier alpha value is -2.81. The zero-order valence-electron chi connectivity index (χ0n) is 14.2. The molecule has 0 radical (unpaired) electrons. The molecule has 0 unspecified atom stereocenters. The van der Waals surface area contributed by atoms with Gasteiger partial charge in [-0.1, -0.05) is 23.8 Å². The lowest BCUT2D eigenvalue weighted by Crippen LogP contribution is -1.94. The molecule has 24 heavy (non-hydrogen) atoms. The lowest BCUT2D eigenvalue weighted by Gasteiger charge is -2.04. The van der Waals surface area contributed by atoms with Gasteiger partial charge in [0.25, 0.3) is 0 Å². The Bertz CT molecular complexity index is 764. The topological polar surface area (TPSA) is 46.5 Å². The molecule has 3 nitrogen and oxygen atoms in total. The van der Waals surface area contributed by atoms with Gasteiger partial charge in [-0.3, -0.25) is 4.79 Å². The summed E-state index contributed by atoms with van der Waals surface area (Å²) in [5.74, 6) is 0.917. The number of ketones is 1. The van der Waals surface area contributed by atoms with Crippen molar-refractivity contribution in [3.63, 3.8) is 0 Å². The number of hydrogen-bond acceptors (Lipinski definition) is 3. The van der Waals surface area contributed by atoms with Crippen LogP contribution in [0.4, 0.5) is 0 Å². The van der Waals surface area contributed by atoms with Crippen molar-refractivity contribution in [3.05, 3.63) is 76.9 Å². The van der Waals surface area contributed by atoms with E-state index in [1.807, 2.05) is 19.9 Å². The monoisotopic (exact) mass is 322 g/mol. The van der Waals surface area contributed by atoms with E-state index in [1.165, 1.54) is 5.57 Å². The first-order valence-electron chi connectivity index (χ1n) is 7.81. The summed E-state index contributed by atoms with van der Waals surface area (Å²) in [5.41, 5.74) is 3.53. The van der Waals surface area contributed by atoms with Gasteiger partial charge in [0.2, 0.25) is 0 Å². The van der Waals surface area contributed by atoms with Gasteiger partial charge in [-0.25, -0.2) is 0 Å². The van der Waals surface area contributed by atoms with E-state index in [1.54, 1.807) is 55.7 Å². The zero-order chi connectivity index (χ0) is 17.5. The van der Waals surface area contributed by atoms with Gasteiger partial charge in [0.1, 0.15) is 11.5 Å². The van der Waals surface area contributed by atoms with Gasteiger partial charge in [-0.05, 0) is 73.9 Å². The van der Waals surface area contributed by atoms with Crippen LogP contribution in [0.15, 0.2) is 60.2 Å². The maximum absolute atomic E-state index is 12.2. The minimum absolute atomic E-state index is 0.0726. The molecule has 0 bridgehead atoms. The summed E-state index contributed by atoms with van der Waals surface area (Å²) in [5, 5.41) is 9.92. The Morgan fingerprint density at radius 3 is 2.46 bits per heavy atom. The highest BCUT2D eigenvalue weighted by atomic mass is 16.5. The van der Waals surface area contributed by atoms with E-state index in [0.29, 0.717) is 12.0 Å². The first-order chi connectivity index (χ1) is 11.5. The number of carbonyl (C=O) groups is 1. The van der Waals surface area contributed by atoms with Crippen molar-refractivity contribution < 1.29 is 14.6 Å². The largest absolute Gasteiger partial charge is 0.508 e. The molecule has 124 valence electrons. The molecule has 0 fully saturated rings. The summed E-state index contributed by atoms with van der Waals surface area (Å²) in [7, 11) is 1.59. The van der Waals surface area contributed by atoms with Gasteiger partial charge in [-0.15, -0.1) is 0 Å². The normalized spacial score (nSPS) is 10.6. The molecule has 0 aliphatic rings. The number of methoxy groups -OCH3 is 1. The average Bonchev–Trinajstić information content (AvgIpc) is 2.59. The van der Waals surface area contributed by atoms with Gasteiger partial charge < -0.3 is 9.84 Å². The Balaban J connectivity index is 2.14. The van der Waals surface area contributed by atoms with Gasteiger partial charge in [-0.2, -0.15) is 0 Å². The van der Waals surface area contributed by atoms with Crippen molar-refractivity contribution in [2.75, 3.05) is 7.11 Å². The molecule has 3 heteroatoms. The van der Waals surface area contributed by atoms with Crippen LogP contribution >= 0.6 is 0 Å². The van der Waals surface area contributed by atoms with Crippen LogP contribution in [0.25, 0.3) is 6.08 Å². The van der Waals surface area contributed by atoms with Crippen LogP contribution in [0, 0.1) is 0 Å². The van der Waals surface area contributed by atoms with E-state index >= 15 is 0 Å². The molecule has 1 N–H and O–H groups in total. The number of phenols is 1. The molecule has 2 rings (SSSR count). The second kappa shape index (κ2) is 8.16. The predicted octanol–water partition coefficient (Wildman–Crippen LogP) is 4.81. The molecule has 0 aromatic heterocycles. The molecule has 2 aromatic rings. The Labute approximate surface area is 142 Å². The van der Waals surface area contributed by atoms with Crippen LogP contribution in [0.3, 0.4) is 0 Å². The van der Waals surface area contributed by atoms with Crippen LogP contribution in [0.5, 0.6) is 11.5 Å². The van der Waals surface area contributed by atoms with Crippen molar-refractivity contribution in [3.8, 4) is 11.5 Å². The Kier molecular flexibility index (Phi) is 5.96. The highest BCUT2D eigenvalue weighted by Crippen LogP contribution is 2.21. The number of rotatable bonds is 6. The van der Waals surface area contributed by atoms with Gasteiger partial charge in [0, 0.05) is 5.56 Å². The van der Waals surface area contributed by atoms with Gasteiger partial charge >= 0.3 is 0 Å². The fraction of sp³-hybridized carbons (Fsp3) is 0.190. The lowest BCUT2D eigenvalue weighted by molar-refractivity contribution is 0.104. The molecule has 0 atom stereocenters. The molecular formula is C21H22O3. The molecule has 0 amide bonds. The van der Waals surface area contributed by atoms with E-state index in [9.17, 15) is 9.90 Å². The van der Waals surface area contributed by atoms with Crippen LogP contribution in [0.1, 0.15) is 35.3 Å². The fourth-order valence-electron chi connectivity index (χ4n) is 2.21. The van der Waals surface area contributed by atoms with E-state index in [0.717, 1.165) is 16.9 Å². The van der Waals surface area contributed by atoms with Crippen molar-refractivity contribution in [2.24, 2.45) is 0 Å². The number of aromatic hydroxyl groups is 1. The van der Waals surface area contributed by atoms with Crippen LogP contribution < -0.4 is 4.74 Å². The summed E-state index contributed by atoms with van der Waals surface area (Å²) in [6.45, 7) is 4.04. The minimum atomic E-state index is -0.0726. The van der Waals surface area contributed by atoms with Crippen molar-refractivity contribution in [1.82, 2.24) is 0 Å². The summed E-state index contributed by atoms with van der Waals surface area (Å²) < 4.78 is 5.08. The molecule has 0 heterocycles. The van der Waals surface area contributed by atoms with Gasteiger partial charge in [0.05, 0.1) is 7.11 Å². The molecule has 0 aliphatic carbocycles. The highest BCUT2D eigenvalue weighted by Gasteiger charge is 2.03. The molecule has 2 aromatic carbocycles. The SMILES string of the molecule is COc1ccc(C(=O)/C=C/c2ccc(O)c(CC=C(C)C)c2)cc1. The minimum Gasteiger partial charge on any atom is -0.508 e. The van der Waals surface area contributed by atoms with Crippen LogP contribution in [-0.2, 0) is 6.42 Å². The van der Waals surface area contributed by atoms with E-state index in [2.05, 4.69) is 6.08 Å². The number of hydrogen-bond donors (Lipinski definition) is 1. The third kappa shape index (κ3) is 4.85. The Morgan fingerprint density at radius 2 is 1.83 bits per heavy atom. The van der Waals surface area contributed by atoms with Crippen LogP contribution in [-0.4, -0.2) is 18.0 Å². The van der Waals surface area contributed by atoms with Crippen molar-refractivity contribution >= 4 is 11.9 Å². The summed E-state index contributed by atoms with van der Waals surface area (Å²) in [6, 6.07) is 12.3. The number of benzene rings is 2. The molecular weight excluding hydrogens is 300 g/mol. The number of ether oxygens (including phenoxy) is 1. The maximum Gasteiger partial charge on any atom is 0.185 e. The highest BCUT2D eigenvalue weighted by molar-refractivity contribution is 6.06. The summed E-state index contributed by atoms with van der Waals surface area (Å²) >= 11 is 0. The predicted molar refractivity (Wildman–Crippen MR) is 97.6 cm³/mol. The van der Waals surface area contributed by atoms with Gasteiger partial charge in [0.15, 0.2) is 5.78 Å². The first kappa shape index (κ1) is 17.5. The third-order valence-electron chi connectivity index (χ3n) is 3.64. The lowest BCUT2D eigenvalue weighted by atomic mass is 10.0. The van der Waals surface area contributed by atoms with Crippen LogP contribution in [0.2, 0.25) is 0 Å². The molecule has 0 spiro atoms. The Morgan fingerprint density at radius 1 is 1.12 bits per heavy atom. The molecule has 0 saturated carbocycles.